The number of rotatable bonds is 1. The van der Waals surface area contributed by atoms with Gasteiger partial charge in [0.25, 0.3) is 10.1 Å². The summed E-state index contributed by atoms with van der Waals surface area (Å²) in [5, 5.41) is 7.31. The van der Waals surface area contributed by atoms with Crippen LogP contribution in [-0.2, 0) is 14.5 Å². The van der Waals surface area contributed by atoms with Gasteiger partial charge in [-0.3, -0.25) is 0 Å². The van der Waals surface area contributed by atoms with Crippen LogP contribution in [0.3, 0.4) is 0 Å². The van der Waals surface area contributed by atoms with Crippen molar-refractivity contribution < 1.29 is 20.9 Å². The van der Waals surface area contributed by atoms with Crippen molar-refractivity contribution in [3.63, 3.8) is 0 Å². The van der Waals surface area contributed by atoms with Gasteiger partial charge in [-0.2, -0.15) is 8.42 Å². The molecule has 0 bridgehead atoms. The molecule has 0 aliphatic rings. The molecular formula is CH6O4SSr. The summed E-state index contributed by atoms with van der Waals surface area (Å²) >= 11 is 0. The van der Waals surface area contributed by atoms with Crippen LogP contribution in [0.4, 0.5) is 0 Å². The Morgan fingerprint density at radius 2 is 1.86 bits per heavy atom. The van der Waals surface area contributed by atoms with Gasteiger partial charge in [-0.1, -0.05) is 0 Å². The maximum Gasteiger partial charge on any atom is 2.00 e. The maximum absolute atomic E-state index is 9.53. The van der Waals surface area contributed by atoms with E-state index in [1.807, 2.05) is 0 Å². The summed E-state index contributed by atoms with van der Waals surface area (Å²) in [7, 11) is -3.61. The summed E-state index contributed by atoms with van der Waals surface area (Å²) in [5.74, 6) is 0. The fraction of sp³-hybridized carbons (Fsp3) is 1.00. The summed E-state index contributed by atoms with van der Waals surface area (Å²) in [5.41, 5.74) is 0. The van der Waals surface area contributed by atoms with Gasteiger partial charge in [-0.15, -0.1) is 4.33 Å². The zero-order valence-corrected chi connectivity index (χ0v) is 8.08. The van der Waals surface area contributed by atoms with Crippen LogP contribution in [0.15, 0.2) is 0 Å². The van der Waals surface area contributed by atoms with Gasteiger partial charge >= 0.3 is 45.5 Å². The van der Waals surface area contributed by atoms with Gasteiger partial charge in [0.05, 0.1) is 6.26 Å². The molecule has 6 heteroatoms. The van der Waals surface area contributed by atoms with Crippen molar-refractivity contribution in [2.45, 2.75) is 0 Å². The van der Waals surface area contributed by atoms with Gasteiger partial charge in [0.15, 0.2) is 0 Å². The van der Waals surface area contributed by atoms with E-state index >= 15 is 0 Å². The van der Waals surface area contributed by atoms with E-state index < -0.39 is 10.1 Å². The van der Waals surface area contributed by atoms with Crippen molar-refractivity contribution in [3.8, 4) is 0 Å². The molecule has 0 aromatic heterocycles. The molecule has 0 aromatic rings. The molecular weight excluding hydrogens is 196 g/mol. The predicted molar refractivity (Wildman–Crippen MR) is 26.5 cm³/mol. The third-order valence-corrected chi connectivity index (χ3v) is 0.406. The van der Waals surface area contributed by atoms with Crippen molar-refractivity contribution in [2.24, 2.45) is 0 Å². The number of hydrogen-bond donors (Lipinski definition) is 1. The molecule has 0 heterocycles. The average molecular weight is 202 g/mol. The Balaban J connectivity index is -0.0000000417. The molecule has 42 valence electrons. The van der Waals surface area contributed by atoms with Crippen LogP contribution in [0.25, 0.3) is 0 Å². The Morgan fingerprint density at radius 1 is 1.71 bits per heavy atom. The normalized spacial score (nSPS) is 10.0. The van der Waals surface area contributed by atoms with E-state index in [9.17, 15) is 8.42 Å². The van der Waals surface area contributed by atoms with Crippen molar-refractivity contribution in [1.29, 1.82) is 0 Å². The molecule has 0 fully saturated rings. The van der Waals surface area contributed by atoms with Crippen molar-refractivity contribution in [2.75, 3.05) is 6.26 Å². The predicted octanol–water partition coefficient (Wildman–Crippen LogP) is -0.720. The first-order chi connectivity index (χ1) is 2.56. The Hall–Kier alpha value is 1.35. The molecule has 0 spiro atoms. The standard InChI is InChI=1S/CH4O4S.Sr.2H/c1-6(3,4)5-2;;;/h2H,1H3;;;/q;+2;2*-1. The molecule has 0 rings (SSSR count). The minimum Gasteiger partial charge on any atom is -1.00 e. The molecule has 4 nitrogen and oxygen atoms in total. The van der Waals surface area contributed by atoms with E-state index in [4.69, 9.17) is 5.26 Å². The van der Waals surface area contributed by atoms with Crippen LogP contribution in [0, 0.1) is 0 Å². The molecule has 0 aliphatic carbocycles. The monoisotopic (exact) mass is 202 g/mol. The van der Waals surface area contributed by atoms with E-state index in [0.717, 1.165) is 6.26 Å². The van der Waals surface area contributed by atoms with Crippen molar-refractivity contribution >= 4 is 55.6 Å². The molecule has 1 N–H and O–H groups in total. The summed E-state index contributed by atoms with van der Waals surface area (Å²) in [6.45, 7) is 0. The van der Waals surface area contributed by atoms with Crippen LogP contribution in [0.1, 0.15) is 2.85 Å². The first kappa shape index (κ1) is 11.2. The molecule has 0 radical (unpaired) electrons. The Labute approximate surface area is 81.8 Å². The van der Waals surface area contributed by atoms with E-state index in [-0.39, 0.29) is 48.3 Å². The Morgan fingerprint density at radius 3 is 1.86 bits per heavy atom. The van der Waals surface area contributed by atoms with Crippen molar-refractivity contribution in [1.82, 2.24) is 0 Å². The first-order valence-corrected chi connectivity index (χ1v) is 2.91. The minimum atomic E-state index is -3.61. The Kier molecular flexibility index (Phi) is 6.79. The smallest absolute Gasteiger partial charge is 1.00 e. The van der Waals surface area contributed by atoms with E-state index in [0.29, 0.717) is 0 Å². The second-order valence-electron chi connectivity index (χ2n) is 0.779. The third-order valence-electron chi connectivity index (χ3n) is 0.135. The second kappa shape index (κ2) is 4.25. The third kappa shape index (κ3) is 11.1. The largest absolute Gasteiger partial charge is 2.00 e. The van der Waals surface area contributed by atoms with Gasteiger partial charge < -0.3 is 2.85 Å². The molecule has 0 amide bonds. The molecule has 0 unspecified atom stereocenters. The molecule has 0 aliphatic heterocycles. The molecule has 7 heavy (non-hydrogen) atoms. The van der Waals surface area contributed by atoms with Crippen LogP contribution in [0.2, 0.25) is 0 Å². The zero-order valence-electron chi connectivity index (χ0n) is 5.79. The van der Waals surface area contributed by atoms with E-state index in [1.54, 1.807) is 0 Å². The maximum atomic E-state index is 9.53. The zero-order chi connectivity index (χ0) is 5.21. The molecule has 0 saturated heterocycles. The summed E-state index contributed by atoms with van der Waals surface area (Å²) in [4.78, 5) is 0. The molecule has 0 saturated carbocycles. The quantitative estimate of drug-likeness (QED) is 0.346. The fourth-order valence-electron chi connectivity index (χ4n) is 0. The molecule has 0 aromatic carbocycles. The van der Waals surface area contributed by atoms with Gasteiger partial charge in [0, 0.05) is 0 Å². The summed E-state index contributed by atoms with van der Waals surface area (Å²) in [6, 6.07) is 0. The van der Waals surface area contributed by atoms with Crippen LogP contribution in [0.5, 0.6) is 0 Å². The Bertz CT molecular complexity index is 121. The van der Waals surface area contributed by atoms with Crippen LogP contribution >= 0.6 is 0 Å². The van der Waals surface area contributed by atoms with Crippen LogP contribution in [-0.4, -0.2) is 65.4 Å². The van der Waals surface area contributed by atoms with E-state index in [1.165, 1.54) is 0 Å². The number of hydrogen-bond acceptors (Lipinski definition) is 4. The van der Waals surface area contributed by atoms with Gasteiger partial charge in [-0.05, 0) is 0 Å². The fourth-order valence-corrected chi connectivity index (χ4v) is 0. The topological polar surface area (TPSA) is 63.6 Å². The SMILES string of the molecule is CS(=O)(=O)OO.[H-].[H-].[Sr+2]. The van der Waals surface area contributed by atoms with Crippen LogP contribution < -0.4 is 0 Å². The van der Waals surface area contributed by atoms with E-state index in [2.05, 4.69) is 4.33 Å². The average Bonchev–Trinajstić information content (AvgIpc) is 1.35. The minimum absolute atomic E-state index is 0. The second-order valence-corrected chi connectivity index (χ2v) is 2.34. The summed E-state index contributed by atoms with van der Waals surface area (Å²) < 4.78 is 22.0. The van der Waals surface area contributed by atoms with Gasteiger partial charge in [-0.25, -0.2) is 5.26 Å². The van der Waals surface area contributed by atoms with Gasteiger partial charge in [0.2, 0.25) is 0 Å². The van der Waals surface area contributed by atoms with Gasteiger partial charge in [0.1, 0.15) is 0 Å². The summed E-state index contributed by atoms with van der Waals surface area (Å²) in [6.07, 6.45) is 0.743. The molecule has 0 atom stereocenters. The van der Waals surface area contributed by atoms with Crippen molar-refractivity contribution in [3.05, 3.63) is 0 Å². The first-order valence-electron chi connectivity index (χ1n) is 1.09.